The van der Waals surface area contributed by atoms with Crippen molar-refractivity contribution in [2.75, 3.05) is 12.0 Å². The summed E-state index contributed by atoms with van der Waals surface area (Å²) in [4.78, 5) is 29.7. The van der Waals surface area contributed by atoms with Gasteiger partial charge in [-0.15, -0.1) is 0 Å². The molecule has 0 amide bonds. The van der Waals surface area contributed by atoms with Gasteiger partial charge in [-0.3, -0.25) is 13.9 Å². The first kappa shape index (κ1) is 23.0. The van der Waals surface area contributed by atoms with E-state index in [1.54, 1.807) is 6.21 Å². The number of rotatable bonds is 8. The summed E-state index contributed by atoms with van der Waals surface area (Å²) in [6.07, 6.45) is 0.650. The number of aryl methyl sites for hydroxylation is 2. The summed E-state index contributed by atoms with van der Waals surface area (Å²) in [5, 5.41) is 14.9. The standard InChI is InChI=1S/C24H26N6O4/c1-16-9-11-19(12-10-16)34-15-18(31)14-30-20-21(28(2)24(33)29(3)22(20)32)26-23(30)27-25-13-17-7-5-4-6-8-17/h4-13,18,31H,14-15H2,1-3H3,(H,26,27). The fraction of sp³-hybridized carbons (Fsp3) is 0.250. The molecule has 0 spiro atoms. The van der Waals surface area contributed by atoms with Crippen LogP contribution in [0.1, 0.15) is 11.1 Å². The SMILES string of the molecule is Cc1ccc(OCC(O)Cn2c(NN=Cc3ccccc3)nc3c2c(=O)n(C)c(=O)n3C)cc1. The molecule has 10 nitrogen and oxygen atoms in total. The molecule has 2 aromatic heterocycles. The minimum Gasteiger partial charge on any atom is -0.491 e. The van der Waals surface area contributed by atoms with E-state index in [9.17, 15) is 14.7 Å². The van der Waals surface area contributed by atoms with Crippen molar-refractivity contribution in [3.63, 3.8) is 0 Å². The first-order valence-electron chi connectivity index (χ1n) is 10.7. The summed E-state index contributed by atoms with van der Waals surface area (Å²) in [7, 11) is 2.94. The quantitative estimate of drug-likeness (QED) is 0.304. The Kier molecular flexibility index (Phi) is 6.60. The molecule has 4 rings (SSSR count). The molecular weight excluding hydrogens is 436 g/mol. The first-order chi connectivity index (χ1) is 16.3. The monoisotopic (exact) mass is 462 g/mol. The number of nitrogens with one attached hydrogen (secondary N) is 1. The molecule has 0 aliphatic carbocycles. The molecule has 0 saturated carbocycles. The largest absolute Gasteiger partial charge is 0.491 e. The Labute approximate surface area is 195 Å². The van der Waals surface area contributed by atoms with E-state index in [4.69, 9.17) is 4.74 Å². The molecular formula is C24H26N6O4. The molecule has 2 heterocycles. The number of aromatic nitrogens is 4. The lowest BCUT2D eigenvalue weighted by molar-refractivity contribution is 0.0938. The van der Waals surface area contributed by atoms with Gasteiger partial charge in [0.1, 0.15) is 18.5 Å². The van der Waals surface area contributed by atoms with Gasteiger partial charge in [-0.2, -0.15) is 10.1 Å². The zero-order chi connectivity index (χ0) is 24.2. The van der Waals surface area contributed by atoms with Crippen molar-refractivity contribution in [3.05, 3.63) is 86.6 Å². The van der Waals surface area contributed by atoms with Crippen LogP contribution in [0.25, 0.3) is 11.2 Å². The number of nitrogens with zero attached hydrogens (tertiary/aromatic N) is 5. The van der Waals surface area contributed by atoms with Gasteiger partial charge in [0.05, 0.1) is 12.8 Å². The fourth-order valence-corrected chi connectivity index (χ4v) is 3.50. The fourth-order valence-electron chi connectivity index (χ4n) is 3.50. The summed E-state index contributed by atoms with van der Waals surface area (Å²) < 4.78 is 9.50. The van der Waals surface area contributed by atoms with Crippen molar-refractivity contribution in [2.45, 2.75) is 19.6 Å². The van der Waals surface area contributed by atoms with E-state index in [-0.39, 0.29) is 30.3 Å². The molecule has 2 aromatic carbocycles. The van der Waals surface area contributed by atoms with Gasteiger partial charge in [0.25, 0.3) is 5.56 Å². The van der Waals surface area contributed by atoms with E-state index in [1.165, 1.54) is 23.2 Å². The van der Waals surface area contributed by atoms with Crippen molar-refractivity contribution < 1.29 is 9.84 Å². The summed E-state index contributed by atoms with van der Waals surface area (Å²) in [5.41, 5.74) is 4.16. The zero-order valence-corrected chi connectivity index (χ0v) is 19.2. The van der Waals surface area contributed by atoms with Gasteiger partial charge in [-0.25, -0.2) is 10.2 Å². The lowest BCUT2D eigenvalue weighted by Crippen LogP contribution is -2.38. The van der Waals surface area contributed by atoms with E-state index >= 15 is 0 Å². The Balaban J connectivity index is 1.65. The number of hydrogen-bond donors (Lipinski definition) is 2. The van der Waals surface area contributed by atoms with E-state index in [1.807, 2.05) is 61.5 Å². The number of aliphatic hydroxyl groups excluding tert-OH is 1. The van der Waals surface area contributed by atoms with Crippen LogP contribution in [0.2, 0.25) is 0 Å². The van der Waals surface area contributed by atoms with Crippen LogP contribution in [-0.4, -0.2) is 42.7 Å². The minimum absolute atomic E-state index is 0.000997. The average Bonchev–Trinajstić information content (AvgIpc) is 3.19. The molecule has 1 atom stereocenters. The van der Waals surface area contributed by atoms with E-state index in [0.717, 1.165) is 15.7 Å². The highest BCUT2D eigenvalue weighted by molar-refractivity contribution is 5.80. The Morgan fingerprint density at radius 1 is 1.09 bits per heavy atom. The molecule has 10 heteroatoms. The van der Waals surface area contributed by atoms with E-state index < -0.39 is 17.4 Å². The number of ether oxygens (including phenoxy) is 1. The Hall–Kier alpha value is -4.18. The van der Waals surface area contributed by atoms with Gasteiger partial charge in [-0.05, 0) is 24.6 Å². The Morgan fingerprint density at radius 3 is 2.50 bits per heavy atom. The maximum atomic E-state index is 12.9. The lowest BCUT2D eigenvalue weighted by atomic mass is 10.2. The number of imidazole rings is 1. The molecule has 0 radical (unpaired) electrons. The smallest absolute Gasteiger partial charge is 0.332 e. The van der Waals surface area contributed by atoms with Gasteiger partial charge >= 0.3 is 5.69 Å². The minimum atomic E-state index is -0.959. The van der Waals surface area contributed by atoms with Crippen LogP contribution >= 0.6 is 0 Å². The van der Waals surface area contributed by atoms with Gasteiger partial charge in [0.2, 0.25) is 5.95 Å². The summed E-state index contributed by atoms with van der Waals surface area (Å²) in [6.45, 7) is 1.98. The third kappa shape index (κ3) is 4.76. The molecule has 4 aromatic rings. The highest BCUT2D eigenvalue weighted by atomic mass is 16.5. The van der Waals surface area contributed by atoms with Crippen LogP contribution < -0.4 is 21.4 Å². The predicted molar refractivity (Wildman–Crippen MR) is 131 cm³/mol. The normalized spacial score (nSPS) is 12.4. The number of hydrazone groups is 1. The second kappa shape index (κ2) is 9.75. The van der Waals surface area contributed by atoms with Gasteiger partial charge in [-0.1, -0.05) is 48.0 Å². The lowest BCUT2D eigenvalue weighted by Gasteiger charge is -2.15. The van der Waals surface area contributed by atoms with Crippen LogP contribution in [0.5, 0.6) is 5.75 Å². The third-order valence-electron chi connectivity index (χ3n) is 5.38. The molecule has 0 aliphatic rings. The van der Waals surface area contributed by atoms with Crippen LogP contribution in [0.15, 0.2) is 69.3 Å². The second-order valence-electron chi connectivity index (χ2n) is 7.98. The summed E-state index contributed by atoms with van der Waals surface area (Å²) in [5.74, 6) is 0.846. The molecule has 0 bridgehead atoms. The first-order valence-corrected chi connectivity index (χ1v) is 10.7. The number of benzene rings is 2. The molecule has 176 valence electrons. The van der Waals surface area contributed by atoms with Crippen LogP contribution in [0.4, 0.5) is 5.95 Å². The zero-order valence-electron chi connectivity index (χ0n) is 19.2. The van der Waals surface area contributed by atoms with Crippen molar-refractivity contribution in [1.82, 2.24) is 18.7 Å². The number of hydrogen-bond acceptors (Lipinski definition) is 7. The summed E-state index contributed by atoms with van der Waals surface area (Å²) in [6, 6.07) is 16.9. The van der Waals surface area contributed by atoms with Crippen molar-refractivity contribution in [2.24, 2.45) is 19.2 Å². The van der Waals surface area contributed by atoms with Crippen LogP contribution in [-0.2, 0) is 20.6 Å². The Morgan fingerprint density at radius 2 is 1.79 bits per heavy atom. The highest BCUT2D eigenvalue weighted by Gasteiger charge is 2.21. The maximum absolute atomic E-state index is 12.9. The number of aliphatic hydroxyl groups is 1. The molecule has 2 N–H and O–H groups in total. The highest BCUT2D eigenvalue weighted by Crippen LogP contribution is 2.17. The van der Waals surface area contributed by atoms with E-state index in [0.29, 0.717) is 5.75 Å². The number of fused-ring (bicyclic) bond motifs is 1. The molecule has 1 unspecified atom stereocenters. The van der Waals surface area contributed by atoms with Crippen LogP contribution in [0, 0.1) is 6.92 Å². The van der Waals surface area contributed by atoms with Gasteiger partial charge < -0.3 is 14.4 Å². The molecule has 0 aliphatic heterocycles. The van der Waals surface area contributed by atoms with Gasteiger partial charge in [0, 0.05) is 14.1 Å². The predicted octanol–water partition coefficient (Wildman–Crippen LogP) is 1.63. The van der Waals surface area contributed by atoms with Crippen LogP contribution in [0.3, 0.4) is 0 Å². The molecule has 0 fully saturated rings. The van der Waals surface area contributed by atoms with E-state index in [2.05, 4.69) is 15.5 Å². The topological polar surface area (TPSA) is 116 Å². The van der Waals surface area contributed by atoms with Gasteiger partial charge in [0.15, 0.2) is 11.2 Å². The summed E-state index contributed by atoms with van der Waals surface area (Å²) >= 11 is 0. The third-order valence-corrected chi connectivity index (χ3v) is 5.38. The maximum Gasteiger partial charge on any atom is 0.332 e. The van der Waals surface area contributed by atoms with Crippen molar-refractivity contribution in [3.8, 4) is 5.75 Å². The molecule has 34 heavy (non-hydrogen) atoms. The van der Waals surface area contributed by atoms with Crippen molar-refractivity contribution >= 4 is 23.3 Å². The Bertz CT molecular complexity index is 1440. The van der Waals surface area contributed by atoms with Crippen molar-refractivity contribution in [1.29, 1.82) is 0 Å². The molecule has 0 saturated heterocycles. The second-order valence-corrected chi connectivity index (χ2v) is 7.98. The number of anilines is 1. The average molecular weight is 463 g/mol.